The molecule has 188 valence electrons. The Hall–Kier alpha value is -2.62. The van der Waals surface area contributed by atoms with E-state index >= 15 is 0 Å². The molecule has 0 bridgehead atoms. The number of aromatic nitrogens is 1. The number of ether oxygens (including phenoxy) is 1. The summed E-state index contributed by atoms with van der Waals surface area (Å²) in [5, 5.41) is 11.1. The van der Waals surface area contributed by atoms with Gasteiger partial charge in [-0.2, -0.15) is 0 Å². The number of amides is 2. The molecule has 4 heterocycles. The molecule has 1 aliphatic rings. The molecule has 3 aromatic rings. The highest BCUT2D eigenvalue weighted by atomic mass is 32.1. The third-order valence-corrected chi connectivity index (χ3v) is 8.51. The van der Waals surface area contributed by atoms with Gasteiger partial charge in [0.15, 0.2) is 0 Å². The monoisotopic (exact) mass is 514 g/mol. The predicted octanol–water partition coefficient (Wildman–Crippen LogP) is 5.76. The molecule has 9 heteroatoms. The maximum Gasteiger partial charge on any atom is 0.341 e. The molecule has 3 N–H and O–H groups in total. The summed E-state index contributed by atoms with van der Waals surface area (Å²) < 4.78 is 7.86. The van der Waals surface area contributed by atoms with E-state index in [0.717, 1.165) is 40.5 Å². The van der Waals surface area contributed by atoms with Crippen molar-refractivity contribution in [3.8, 4) is 5.00 Å². The topological polar surface area (TPSA) is 84.4 Å². The normalized spacial score (nSPS) is 13.5. The first-order chi connectivity index (χ1) is 16.5. The van der Waals surface area contributed by atoms with Crippen LogP contribution in [0.5, 0.6) is 0 Å². The van der Waals surface area contributed by atoms with Gasteiger partial charge in [0.25, 0.3) is 0 Å². The summed E-state index contributed by atoms with van der Waals surface area (Å²) in [7, 11) is 0. The van der Waals surface area contributed by atoms with Crippen molar-refractivity contribution in [3.05, 3.63) is 55.5 Å². The number of hydrogen-bond donors (Lipinski definition) is 3. The molecule has 7 nitrogen and oxygen atoms in total. The minimum absolute atomic E-state index is 0.336. The first-order valence-electron chi connectivity index (χ1n) is 11.8. The largest absolute Gasteiger partial charge is 0.456 e. The lowest BCUT2D eigenvalue weighted by molar-refractivity contribution is 0.00704. The van der Waals surface area contributed by atoms with Gasteiger partial charge in [0.2, 0.25) is 0 Å². The number of aryl methyl sites for hydroxylation is 3. The molecule has 0 spiro atoms. The number of nitrogens with zero attached hydrogens (tertiary/aromatic N) is 1. The highest BCUT2D eigenvalue weighted by Crippen LogP contribution is 2.36. The van der Waals surface area contributed by atoms with Gasteiger partial charge in [-0.15, -0.1) is 22.7 Å². The lowest BCUT2D eigenvalue weighted by Crippen LogP contribution is -2.30. The smallest absolute Gasteiger partial charge is 0.341 e. The summed E-state index contributed by atoms with van der Waals surface area (Å²) in [6.45, 7) is 15.7. The number of esters is 1. The lowest BCUT2D eigenvalue weighted by Gasteiger charge is -2.20. The van der Waals surface area contributed by atoms with E-state index in [1.165, 1.54) is 33.2 Å². The summed E-state index contributed by atoms with van der Waals surface area (Å²) in [6.07, 6.45) is 0.940. The van der Waals surface area contributed by atoms with Crippen LogP contribution in [0.3, 0.4) is 0 Å². The average molecular weight is 515 g/mol. The Labute approximate surface area is 214 Å². The number of nitrogens with one attached hydrogen (secondary N) is 3. The Morgan fingerprint density at radius 3 is 2.46 bits per heavy atom. The summed E-state index contributed by atoms with van der Waals surface area (Å²) in [5.74, 6) is -0.421. The van der Waals surface area contributed by atoms with Crippen LogP contribution >= 0.6 is 22.7 Å². The quantitative estimate of drug-likeness (QED) is 0.378. The van der Waals surface area contributed by atoms with E-state index in [2.05, 4.69) is 46.5 Å². The first kappa shape index (κ1) is 25.5. The van der Waals surface area contributed by atoms with Gasteiger partial charge in [0, 0.05) is 39.8 Å². The SMILES string of the molecule is Cc1sc(NC(=O)NCc2c(-n3c(C)ccc3C)sc3c2CCNC3)c(C(=O)OC(C)(C)C)c1C. The zero-order valence-electron chi connectivity index (χ0n) is 21.5. The van der Waals surface area contributed by atoms with E-state index in [-0.39, 0.29) is 6.03 Å². The van der Waals surface area contributed by atoms with Crippen LogP contribution in [0.15, 0.2) is 12.1 Å². The van der Waals surface area contributed by atoms with Crippen molar-refractivity contribution in [2.45, 2.75) is 73.6 Å². The van der Waals surface area contributed by atoms with Crippen molar-refractivity contribution in [2.24, 2.45) is 0 Å². The van der Waals surface area contributed by atoms with Gasteiger partial charge in [-0.3, -0.25) is 5.32 Å². The van der Waals surface area contributed by atoms with Crippen molar-refractivity contribution in [1.29, 1.82) is 0 Å². The molecule has 0 aromatic carbocycles. The molecule has 0 unspecified atom stereocenters. The van der Waals surface area contributed by atoms with Crippen LogP contribution < -0.4 is 16.0 Å². The summed E-state index contributed by atoms with van der Waals surface area (Å²) in [4.78, 5) is 28.2. The molecule has 0 radical (unpaired) electrons. The minimum atomic E-state index is -0.614. The molecule has 0 aliphatic carbocycles. The summed E-state index contributed by atoms with van der Waals surface area (Å²) >= 11 is 3.18. The fourth-order valence-corrected chi connectivity index (χ4v) is 6.84. The van der Waals surface area contributed by atoms with Gasteiger partial charge in [-0.25, -0.2) is 9.59 Å². The van der Waals surface area contributed by atoms with Crippen molar-refractivity contribution in [3.63, 3.8) is 0 Å². The van der Waals surface area contributed by atoms with E-state index in [9.17, 15) is 9.59 Å². The number of anilines is 1. The molecule has 0 fully saturated rings. The summed E-state index contributed by atoms with van der Waals surface area (Å²) in [6, 6.07) is 3.91. The van der Waals surface area contributed by atoms with Gasteiger partial charge in [0.1, 0.15) is 15.6 Å². The molecule has 0 atom stereocenters. The molecule has 0 saturated carbocycles. The highest BCUT2D eigenvalue weighted by Gasteiger charge is 2.27. The molecular formula is C26H34N4O3S2. The van der Waals surface area contributed by atoms with E-state index in [0.29, 0.717) is 17.1 Å². The van der Waals surface area contributed by atoms with E-state index in [4.69, 9.17) is 4.74 Å². The Balaban J connectivity index is 1.56. The summed E-state index contributed by atoms with van der Waals surface area (Å²) in [5.41, 5.74) is 5.48. The van der Waals surface area contributed by atoms with Crippen molar-refractivity contribution in [2.75, 3.05) is 11.9 Å². The second-order valence-electron chi connectivity index (χ2n) is 9.96. The predicted molar refractivity (Wildman–Crippen MR) is 143 cm³/mol. The van der Waals surface area contributed by atoms with Gasteiger partial charge >= 0.3 is 12.0 Å². The van der Waals surface area contributed by atoms with E-state index in [1.807, 2.05) is 34.6 Å². The molecule has 2 amide bonds. The number of rotatable bonds is 5. The number of urea groups is 1. The fraction of sp³-hybridized carbons (Fsp3) is 0.462. The maximum atomic E-state index is 13.0. The zero-order chi connectivity index (χ0) is 25.5. The van der Waals surface area contributed by atoms with Crippen LogP contribution in [0.1, 0.15) is 69.0 Å². The zero-order valence-corrected chi connectivity index (χ0v) is 23.1. The molecule has 1 aliphatic heterocycles. The Morgan fingerprint density at radius 2 is 1.80 bits per heavy atom. The molecule has 35 heavy (non-hydrogen) atoms. The lowest BCUT2D eigenvalue weighted by atomic mass is 10.0. The molecule has 3 aromatic heterocycles. The second kappa shape index (κ2) is 9.79. The molecular weight excluding hydrogens is 480 g/mol. The van der Waals surface area contributed by atoms with Crippen LogP contribution in [0.2, 0.25) is 0 Å². The number of carbonyl (C=O) groups excluding carboxylic acids is 2. The first-order valence-corrected chi connectivity index (χ1v) is 13.5. The molecule has 0 saturated heterocycles. The van der Waals surface area contributed by atoms with Crippen molar-refractivity contribution in [1.82, 2.24) is 15.2 Å². The number of thiophene rings is 2. The Morgan fingerprint density at radius 1 is 1.11 bits per heavy atom. The van der Waals surface area contributed by atoms with Gasteiger partial charge in [0.05, 0.1) is 5.56 Å². The number of fused-ring (bicyclic) bond motifs is 1. The highest BCUT2D eigenvalue weighted by molar-refractivity contribution is 7.17. The Bertz CT molecular complexity index is 1260. The minimum Gasteiger partial charge on any atom is -0.456 e. The van der Waals surface area contributed by atoms with Gasteiger partial charge in [-0.05, 0) is 84.7 Å². The van der Waals surface area contributed by atoms with Crippen molar-refractivity contribution >= 4 is 39.7 Å². The average Bonchev–Trinajstić information content (AvgIpc) is 3.38. The van der Waals surface area contributed by atoms with E-state index < -0.39 is 11.6 Å². The Kier molecular flexibility index (Phi) is 7.13. The maximum absolute atomic E-state index is 13.0. The van der Waals surface area contributed by atoms with Gasteiger partial charge in [-0.1, -0.05) is 0 Å². The number of carbonyl (C=O) groups is 2. The standard InChI is InChI=1S/C26H34N4O3S2/c1-14-8-9-15(2)30(14)23-19(18-10-11-27-13-20(18)35-23)12-28-25(32)29-22-21(16(3)17(4)34-22)24(31)33-26(5,6)7/h8-9,27H,10-13H2,1-7H3,(H2,28,29,32). The third-order valence-electron chi connectivity index (χ3n) is 6.13. The van der Waals surface area contributed by atoms with E-state index in [1.54, 1.807) is 11.3 Å². The van der Waals surface area contributed by atoms with Crippen LogP contribution in [0.4, 0.5) is 9.80 Å². The number of hydrogen-bond acceptors (Lipinski definition) is 6. The third kappa shape index (κ3) is 5.32. The van der Waals surface area contributed by atoms with Crippen LogP contribution in [-0.4, -0.2) is 28.7 Å². The van der Waals surface area contributed by atoms with Gasteiger partial charge < -0.3 is 19.9 Å². The van der Waals surface area contributed by atoms with Crippen molar-refractivity contribution < 1.29 is 14.3 Å². The van der Waals surface area contributed by atoms with Crippen LogP contribution in [0.25, 0.3) is 5.00 Å². The molecule has 4 rings (SSSR count). The second-order valence-corrected chi connectivity index (χ2v) is 12.3. The fourth-order valence-electron chi connectivity index (χ4n) is 4.34. The van der Waals surface area contributed by atoms with Crippen LogP contribution in [-0.2, 0) is 24.2 Å². The van der Waals surface area contributed by atoms with Crippen LogP contribution in [0, 0.1) is 27.7 Å².